The minimum Gasteiger partial charge on any atom is -0.439 e. The van der Waals surface area contributed by atoms with Gasteiger partial charge in [0.2, 0.25) is 11.8 Å². The molecule has 1 aromatic carbocycles. The van der Waals surface area contributed by atoms with Gasteiger partial charge < -0.3 is 15.0 Å². The second-order valence-corrected chi connectivity index (χ2v) is 4.24. The van der Waals surface area contributed by atoms with Crippen molar-refractivity contribution in [2.75, 3.05) is 30.9 Å². The van der Waals surface area contributed by atoms with Crippen molar-refractivity contribution in [1.29, 1.82) is 0 Å². The maximum Gasteiger partial charge on any atom is 0.225 e. The Hall–Kier alpha value is -2.30. The molecule has 0 unspecified atom stereocenters. The van der Waals surface area contributed by atoms with Gasteiger partial charge in [-0.2, -0.15) is 4.98 Å². The summed E-state index contributed by atoms with van der Waals surface area (Å²) < 4.78 is 5.74. The third-order valence-corrected chi connectivity index (χ3v) is 2.52. The average Bonchev–Trinajstić information content (AvgIpc) is 2.40. The molecule has 0 fully saturated rings. The van der Waals surface area contributed by atoms with Crippen LogP contribution >= 0.6 is 0 Å². The predicted molar refractivity (Wildman–Crippen MR) is 77.0 cm³/mol. The molecule has 0 aliphatic carbocycles. The summed E-state index contributed by atoms with van der Waals surface area (Å²) in [5.41, 5.74) is 1.08. The van der Waals surface area contributed by atoms with E-state index in [-0.39, 0.29) is 0 Å². The van der Waals surface area contributed by atoms with Gasteiger partial charge in [0.1, 0.15) is 5.75 Å². The van der Waals surface area contributed by atoms with E-state index >= 15 is 0 Å². The smallest absolute Gasteiger partial charge is 0.225 e. The summed E-state index contributed by atoms with van der Waals surface area (Å²) >= 11 is 0. The fourth-order valence-corrected chi connectivity index (χ4v) is 1.59. The van der Waals surface area contributed by atoms with E-state index in [2.05, 4.69) is 15.3 Å². The van der Waals surface area contributed by atoms with Crippen molar-refractivity contribution < 1.29 is 4.74 Å². The zero-order chi connectivity index (χ0) is 13.7. The van der Waals surface area contributed by atoms with Gasteiger partial charge in [-0.05, 0) is 19.1 Å². The number of nitrogens with one attached hydrogen (secondary N) is 1. The number of nitrogens with zero attached hydrogens (tertiary/aromatic N) is 3. The molecule has 100 valence electrons. The fourth-order valence-electron chi connectivity index (χ4n) is 1.59. The van der Waals surface area contributed by atoms with Crippen LogP contribution in [-0.2, 0) is 0 Å². The molecule has 2 rings (SSSR count). The van der Waals surface area contributed by atoms with Crippen LogP contribution in [0, 0.1) is 0 Å². The highest BCUT2D eigenvalue weighted by Crippen LogP contribution is 2.24. The van der Waals surface area contributed by atoms with Gasteiger partial charge in [0, 0.05) is 44.7 Å². The summed E-state index contributed by atoms with van der Waals surface area (Å²) in [6.07, 6.45) is 1.68. The van der Waals surface area contributed by atoms with Crippen LogP contribution in [0.25, 0.3) is 0 Å². The Morgan fingerprint density at radius 3 is 2.84 bits per heavy atom. The van der Waals surface area contributed by atoms with Crippen LogP contribution in [0.1, 0.15) is 6.92 Å². The monoisotopic (exact) mass is 258 g/mol. The number of rotatable bonds is 5. The number of hydrogen-bond acceptors (Lipinski definition) is 5. The Morgan fingerprint density at radius 2 is 2.11 bits per heavy atom. The van der Waals surface area contributed by atoms with Crippen molar-refractivity contribution in [3.05, 3.63) is 36.5 Å². The highest BCUT2D eigenvalue weighted by molar-refractivity contribution is 5.50. The lowest BCUT2D eigenvalue weighted by molar-refractivity contribution is 0.462. The Balaban J connectivity index is 2.16. The summed E-state index contributed by atoms with van der Waals surface area (Å²) in [4.78, 5) is 10.4. The van der Waals surface area contributed by atoms with Gasteiger partial charge >= 0.3 is 0 Å². The maximum absolute atomic E-state index is 5.74. The summed E-state index contributed by atoms with van der Waals surface area (Å²) in [6.45, 7) is 2.77. The molecule has 19 heavy (non-hydrogen) atoms. The van der Waals surface area contributed by atoms with Gasteiger partial charge in [-0.1, -0.05) is 6.07 Å². The molecule has 1 heterocycles. The number of anilines is 2. The van der Waals surface area contributed by atoms with Crippen LogP contribution in [0.2, 0.25) is 0 Å². The number of hydrogen-bond donors (Lipinski definition) is 1. The minimum absolute atomic E-state index is 0.529. The molecule has 0 spiro atoms. The van der Waals surface area contributed by atoms with Gasteiger partial charge in [0.15, 0.2) is 0 Å². The first-order valence-electron chi connectivity index (χ1n) is 6.21. The predicted octanol–water partition coefficient (Wildman–Crippen LogP) is 2.77. The third kappa shape index (κ3) is 3.58. The first-order valence-corrected chi connectivity index (χ1v) is 6.21. The van der Waals surface area contributed by atoms with E-state index in [4.69, 9.17) is 4.74 Å². The van der Waals surface area contributed by atoms with E-state index in [0.29, 0.717) is 11.8 Å². The highest BCUT2D eigenvalue weighted by Gasteiger charge is 2.03. The fraction of sp³-hybridized carbons (Fsp3) is 0.286. The van der Waals surface area contributed by atoms with Crippen molar-refractivity contribution in [2.45, 2.75) is 6.92 Å². The number of aromatic nitrogens is 2. The van der Waals surface area contributed by atoms with Crippen LogP contribution in [0.5, 0.6) is 11.6 Å². The molecule has 1 N–H and O–H groups in total. The van der Waals surface area contributed by atoms with Crippen molar-refractivity contribution in [2.24, 2.45) is 0 Å². The lowest BCUT2D eigenvalue weighted by Crippen LogP contribution is -2.08. The van der Waals surface area contributed by atoms with Gasteiger partial charge in [-0.25, -0.2) is 4.98 Å². The van der Waals surface area contributed by atoms with Crippen molar-refractivity contribution in [1.82, 2.24) is 9.97 Å². The standard InChI is InChI=1S/C14H18N4O/c1-4-15-14-16-9-8-13(17-14)19-12-7-5-6-11(10-12)18(2)3/h5-10H,4H2,1-3H3,(H,15,16,17). The molecule has 0 amide bonds. The molecule has 5 heteroatoms. The molecule has 0 aliphatic rings. The van der Waals surface area contributed by atoms with Crippen molar-refractivity contribution >= 4 is 11.6 Å². The van der Waals surface area contributed by atoms with Gasteiger partial charge in [0.25, 0.3) is 0 Å². The second kappa shape index (κ2) is 6.04. The van der Waals surface area contributed by atoms with E-state index in [9.17, 15) is 0 Å². The van der Waals surface area contributed by atoms with Crippen LogP contribution in [0.4, 0.5) is 11.6 Å². The molecular weight excluding hydrogens is 240 g/mol. The Bertz CT molecular complexity index is 542. The largest absolute Gasteiger partial charge is 0.439 e. The zero-order valence-corrected chi connectivity index (χ0v) is 11.4. The average molecular weight is 258 g/mol. The topological polar surface area (TPSA) is 50.3 Å². The zero-order valence-electron chi connectivity index (χ0n) is 11.4. The quantitative estimate of drug-likeness (QED) is 0.893. The Labute approximate surface area is 113 Å². The first-order chi connectivity index (χ1) is 9.19. The van der Waals surface area contributed by atoms with Crippen LogP contribution in [-0.4, -0.2) is 30.6 Å². The lowest BCUT2D eigenvalue weighted by Gasteiger charge is -2.13. The third-order valence-electron chi connectivity index (χ3n) is 2.52. The normalized spacial score (nSPS) is 10.1. The van der Waals surface area contributed by atoms with E-state index in [1.54, 1.807) is 12.3 Å². The molecule has 0 bridgehead atoms. The summed E-state index contributed by atoms with van der Waals surface area (Å²) in [5.74, 6) is 1.86. The molecule has 1 aromatic heterocycles. The maximum atomic E-state index is 5.74. The molecule has 0 radical (unpaired) electrons. The Morgan fingerprint density at radius 1 is 1.26 bits per heavy atom. The van der Waals surface area contributed by atoms with Crippen molar-refractivity contribution in [3.63, 3.8) is 0 Å². The SMILES string of the molecule is CCNc1nccc(Oc2cccc(N(C)C)c2)n1. The van der Waals surface area contributed by atoms with E-state index in [0.717, 1.165) is 18.0 Å². The summed E-state index contributed by atoms with van der Waals surface area (Å²) in [6, 6.07) is 9.59. The molecule has 0 saturated heterocycles. The molecular formula is C14H18N4O. The van der Waals surface area contributed by atoms with Gasteiger partial charge in [-0.15, -0.1) is 0 Å². The lowest BCUT2D eigenvalue weighted by atomic mass is 10.3. The first kappa shape index (κ1) is 13.1. The van der Waals surface area contributed by atoms with E-state index in [1.807, 2.05) is 50.2 Å². The minimum atomic E-state index is 0.529. The molecule has 5 nitrogen and oxygen atoms in total. The van der Waals surface area contributed by atoms with Crippen molar-refractivity contribution in [3.8, 4) is 11.6 Å². The molecule has 0 atom stereocenters. The Kier molecular flexibility index (Phi) is 4.18. The molecule has 0 saturated carbocycles. The highest BCUT2D eigenvalue weighted by atomic mass is 16.5. The summed E-state index contributed by atoms with van der Waals surface area (Å²) in [7, 11) is 3.99. The molecule has 0 aliphatic heterocycles. The van der Waals surface area contributed by atoms with Crippen LogP contribution in [0.15, 0.2) is 36.5 Å². The number of benzene rings is 1. The second-order valence-electron chi connectivity index (χ2n) is 4.24. The van der Waals surface area contributed by atoms with Crippen LogP contribution in [0.3, 0.4) is 0 Å². The van der Waals surface area contributed by atoms with E-state index in [1.165, 1.54) is 0 Å². The number of ether oxygens (including phenoxy) is 1. The van der Waals surface area contributed by atoms with Gasteiger partial charge in [0.05, 0.1) is 0 Å². The molecule has 2 aromatic rings. The van der Waals surface area contributed by atoms with E-state index < -0.39 is 0 Å². The van der Waals surface area contributed by atoms with Crippen LogP contribution < -0.4 is 15.0 Å². The summed E-state index contributed by atoms with van der Waals surface area (Å²) in [5, 5.41) is 3.05. The van der Waals surface area contributed by atoms with Gasteiger partial charge in [-0.3, -0.25) is 0 Å².